The van der Waals surface area contributed by atoms with Crippen molar-refractivity contribution >= 4 is 23.4 Å². The lowest BCUT2D eigenvalue weighted by Crippen LogP contribution is -2.51. The minimum absolute atomic E-state index is 0.00871. The highest BCUT2D eigenvalue weighted by Gasteiger charge is 2.28. The van der Waals surface area contributed by atoms with Crippen LogP contribution in [0.5, 0.6) is 0 Å². The first-order valence-corrected chi connectivity index (χ1v) is 10.2. The SMILES string of the molecule is CCCNC(=O)CN1CCN(C(=O)CCC2Cc3ccccc3NC2=O)CC1. The Labute approximate surface area is 166 Å². The lowest BCUT2D eigenvalue weighted by Gasteiger charge is -2.34. The summed E-state index contributed by atoms with van der Waals surface area (Å²) >= 11 is 0. The van der Waals surface area contributed by atoms with Gasteiger partial charge in [-0.2, -0.15) is 0 Å². The van der Waals surface area contributed by atoms with Crippen molar-refractivity contribution in [2.45, 2.75) is 32.6 Å². The first-order valence-electron chi connectivity index (χ1n) is 10.2. The smallest absolute Gasteiger partial charge is 0.234 e. The van der Waals surface area contributed by atoms with E-state index in [4.69, 9.17) is 0 Å². The number of piperazine rings is 1. The third kappa shape index (κ3) is 5.32. The number of rotatable bonds is 7. The van der Waals surface area contributed by atoms with Crippen molar-refractivity contribution in [1.29, 1.82) is 0 Å². The van der Waals surface area contributed by atoms with Crippen molar-refractivity contribution in [3.05, 3.63) is 29.8 Å². The molecule has 28 heavy (non-hydrogen) atoms. The average molecular weight is 386 g/mol. The topological polar surface area (TPSA) is 81.8 Å². The molecule has 0 aromatic heterocycles. The van der Waals surface area contributed by atoms with Crippen LogP contribution in [0.2, 0.25) is 0 Å². The van der Waals surface area contributed by atoms with Crippen LogP contribution in [0.15, 0.2) is 24.3 Å². The maximum atomic E-state index is 12.6. The predicted molar refractivity (Wildman–Crippen MR) is 108 cm³/mol. The number of nitrogens with one attached hydrogen (secondary N) is 2. The molecule has 2 N–H and O–H groups in total. The molecule has 1 aromatic carbocycles. The minimum Gasteiger partial charge on any atom is -0.355 e. The van der Waals surface area contributed by atoms with Gasteiger partial charge in [-0.1, -0.05) is 25.1 Å². The van der Waals surface area contributed by atoms with Gasteiger partial charge in [0.25, 0.3) is 0 Å². The van der Waals surface area contributed by atoms with Crippen LogP contribution >= 0.6 is 0 Å². The predicted octanol–water partition coefficient (Wildman–Crippen LogP) is 1.25. The normalized spacial score (nSPS) is 19.7. The summed E-state index contributed by atoms with van der Waals surface area (Å²) in [5, 5.41) is 5.83. The second-order valence-electron chi connectivity index (χ2n) is 7.59. The van der Waals surface area contributed by atoms with E-state index in [2.05, 4.69) is 15.5 Å². The monoisotopic (exact) mass is 386 g/mol. The number of amides is 3. The van der Waals surface area contributed by atoms with E-state index in [0.29, 0.717) is 58.5 Å². The summed E-state index contributed by atoms with van der Waals surface area (Å²) in [6.07, 6.45) is 2.57. The molecule has 1 saturated heterocycles. The van der Waals surface area contributed by atoms with Crippen LogP contribution in [0, 0.1) is 5.92 Å². The number of anilines is 1. The van der Waals surface area contributed by atoms with Crippen LogP contribution in [0.4, 0.5) is 5.69 Å². The summed E-state index contributed by atoms with van der Waals surface area (Å²) < 4.78 is 0. The zero-order chi connectivity index (χ0) is 19.9. The standard InChI is InChI=1S/C21H30N4O3/c1-2-9-22-19(26)15-24-10-12-25(13-11-24)20(27)8-7-17-14-16-5-3-4-6-18(16)23-21(17)28/h3-6,17H,2,7-15H2,1H3,(H,22,26)(H,23,28). The highest BCUT2D eigenvalue weighted by molar-refractivity contribution is 5.96. The van der Waals surface area contributed by atoms with Gasteiger partial charge in [-0.05, 0) is 30.9 Å². The Kier molecular flexibility index (Phi) is 7.03. The van der Waals surface area contributed by atoms with Crippen LogP contribution in [0.25, 0.3) is 0 Å². The summed E-state index contributed by atoms with van der Waals surface area (Å²) in [7, 11) is 0. The highest BCUT2D eigenvalue weighted by Crippen LogP contribution is 2.27. The quantitative estimate of drug-likeness (QED) is 0.739. The van der Waals surface area contributed by atoms with Crippen LogP contribution in [-0.2, 0) is 20.8 Å². The number of carbonyl (C=O) groups excluding carboxylic acids is 3. The molecule has 3 rings (SSSR count). The first-order chi connectivity index (χ1) is 13.6. The van der Waals surface area contributed by atoms with Gasteiger partial charge in [0.05, 0.1) is 6.54 Å². The summed E-state index contributed by atoms with van der Waals surface area (Å²) in [5.41, 5.74) is 2.02. The first kappa shape index (κ1) is 20.3. The maximum absolute atomic E-state index is 12.6. The van der Waals surface area contributed by atoms with E-state index in [1.54, 1.807) is 0 Å². The van der Waals surface area contributed by atoms with E-state index < -0.39 is 0 Å². The molecule has 1 aromatic rings. The van der Waals surface area contributed by atoms with Crippen molar-refractivity contribution in [1.82, 2.24) is 15.1 Å². The molecule has 0 radical (unpaired) electrons. The van der Waals surface area contributed by atoms with Crippen molar-refractivity contribution < 1.29 is 14.4 Å². The molecule has 0 aliphatic carbocycles. The number of para-hydroxylation sites is 1. The largest absolute Gasteiger partial charge is 0.355 e. The summed E-state index contributed by atoms with van der Waals surface area (Å²) in [5.74, 6) is 0.00349. The Hall–Kier alpha value is -2.41. The van der Waals surface area contributed by atoms with Crippen molar-refractivity contribution in [3.8, 4) is 0 Å². The van der Waals surface area contributed by atoms with Gasteiger partial charge in [0, 0.05) is 50.7 Å². The van der Waals surface area contributed by atoms with E-state index in [-0.39, 0.29) is 23.6 Å². The van der Waals surface area contributed by atoms with Gasteiger partial charge < -0.3 is 15.5 Å². The molecule has 2 aliphatic rings. The summed E-state index contributed by atoms with van der Waals surface area (Å²) in [6, 6.07) is 7.83. The van der Waals surface area contributed by atoms with Gasteiger partial charge in [0.2, 0.25) is 17.7 Å². The molecule has 2 heterocycles. The number of nitrogens with zero attached hydrogens (tertiary/aromatic N) is 2. The van der Waals surface area contributed by atoms with E-state index >= 15 is 0 Å². The Morgan fingerprint density at radius 3 is 2.68 bits per heavy atom. The van der Waals surface area contributed by atoms with Crippen molar-refractivity contribution in [2.75, 3.05) is 44.6 Å². The molecule has 7 nitrogen and oxygen atoms in total. The van der Waals surface area contributed by atoms with Crippen molar-refractivity contribution in [2.24, 2.45) is 5.92 Å². The Balaban J connectivity index is 1.40. The Bertz CT molecular complexity index is 713. The van der Waals surface area contributed by atoms with E-state index in [9.17, 15) is 14.4 Å². The second kappa shape index (κ2) is 9.68. The van der Waals surface area contributed by atoms with Crippen LogP contribution in [0.3, 0.4) is 0 Å². The number of carbonyl (C=O) groups is 3. The molecular formula is C21H30N4O3. The maximum Gasteiger partial charge on any atom is 0.234 e. The third-order valence-electron chi connectivity index (χ3n) is 5.48. The molecule has 0 spiro atoms. The minimum atomic E-state index is -0.151. The number of benzene rings is 1. The Morgan fingerprint density at radius 2 is 1.93 bits per heavy atom. The van der Waals surface area contributed by atoms with Gasteiger partial charge >= 0.3 is 0 Å². The van der Waals surface area contributed by atoms with Gasteiger partial charge in [0.1, 0.15) is 0 Å². The average Bonchev–Trinajstić information content (AvgIpc) is 2.71. The van der Waals surface area contributed by atoms with Crippen molar-refractivity contribution in [3.63, 3.8) is 0 Å². The van der Waals surface area contributed by atoms with E-state index in [0.717, 1.165) is 17.7 Å². The highest BCUT2D eigenvalue weighted by atomic mass is 16.2. The Morgan fingerprint density at radius 1 is 1.18 bits per heavy atom. The fourth-order valence-corrected chi connectivity index (χ4v) is 3.78. The molecule has 0 saturated carbocycles. The zero-order valence-corrected chi connectivity index (χ0v) is 16.6. The lowest BCUT2D eigenvalue weighted by molar-refractivity contribution is -0.133. The lowest BCUT2D eigenvalue weighted by atomic mass is 9.89. The third-order valence-corrected chi connectivity index (χ3v) is 5.48. The molecule has 1 fully saturated rings. The number of hydrogen-bond donors (Lipinski definition) is 2. The molecule has 1 unspecified atom stereocenters. The second-order valence-corrected chi connectivity index (χ2v) is 7.59. The van der Waals surface area contributed by atoms with Gasteiger partial charge in [-0.25, -0.2) is 0 Å². The summed E-state index contributed by atoms with van der Waals surface area (Å²) in [4.78, 5) is 40.6. The van der Waals surface area contributed by atoms with Gasteiger partial charge in [-0.15, -0.1) is 0 Å². The number of hydrogen-bond acceptors (Lipinski definition) is 4. The van der Waals surface area contributed by atoms with Gasteiger partial charge in [0.15, 0.2) is 0 Å². The molecule has 2 aliphatic heterocycles. The molecule has 1 atom stereocenters. The summed E-state index contributed by atoms with van der Waals surface area (Å²) in [6.45, 7) is 5.82. The van der Waals surface area contributed by atoms with Crippen LogP contribution < -0.4 is 10.6 Å². The molecule has 152 valence electrons. The van der Waals surface area contributed by atoms with Gasteiger partial charge in [-0.3, -0.25) is 19.3 Å². The van der Waals surface area contributed by atoms with E-state index in [1.165, 1.54) is 0 Å². The molecule has 0 bridgehead atoms. The van der Waals surface area contributed by atoms with E-state index in [1.807, 2.05) is 36.1 Å². The molecule has 7 heteroatoms. The molecular weight excluding hydrogens is 356 g/mol. The van der Waals surface area contributed by atoms with Crippen LogP contribution in [-0.4, -0.2) is 66.8 Å². The van der Waals surface area contributed by atoms with Crippen LogP contribution in [0.1, 0.15) is 31.7 Å². The zero-order valence-electron chi connectivity index (χ0n) is 16.6. The fraction of sp³-hybridized carbons (Fsp3) is 0.571. The fourth-order valence-electron chi connectivity index (χ4n) is 3.78. The molecule has 3 amide bonds. The number of fused-ring (bicyclic) bond motifs is 1.